The molecular weight excluding hydrogens is 583 g/mol. The van der Waals surface area contributed by atoms with Crippen molar-refractivity contribution in [1.29, 1.82) is 0 Å². The Morgan fingerprint density at radius 2 is 1.90 bits per heavy atom. The number of aliphatic hydroxyl groups is 1. The molecule has 0 atom stereocenters. The first-order valence-electron chi connectivity index (χ1n) is 13.1. The van der Waals surface area contributed by atoms with Crippen LogP contribution in [0.2, 0.25) is 5.02 Å². The second-order valence-corrected chi connectivity index (χ2v) is 13.3. The maximum atomic E-state index is 13.9. The van der Waals surface area contributed by atoms with Gasteiger partial charge in [-0.25, -0.2) is 27.7 Å². The van der Waals surface area contributed by atoms with Crippen LogP contribution in [0.25, 0.3) is 17.1 Å². The monoisotopic (exact) mass is 613 g/mol. The molecule has 222 valence electrons. The van der Waals surface area contributed by atoms with Gasteiger partial charge in [0.2, 0.25) is 16.0 Å². The first kappa shape index (κ1) is 29.7. The molecule has 4 heterocycles. The van der Waals surface area contributed by atoms with Gasteiger partial charge in [-0.2, -0.15) is 13.2 Å². The molecule has 0 radical (unpaired) electrons. The lowest BCUT2D eigenvalue weighted by molar-refractivity contribution is -0.137. The van der Waals surface area contributed by atoms with E-state index in [-0.39, 0.29) is 23.4 Å². The van der Waals surface area contributed by atoms with Crippen LogP contribution in [0.4, 0.5) is 19.1 Å². The molecule has 2 aliphatic rings. The number of hydrogen-bond acceptors (Lipinski definition) is 8. The highest BCUT2D eigenvalue weighted by molar-refractivity contribution is 7.88. The quantitative estimate of drug-likeness (QED) is 0.397. The largest absolute Gasteiger partial charge is 0.420 e. The number of sulfonamides is 1. The number of rotatable bonds is 8. The second kappa shape index (κ2) is 11.1. The summed E-state index contributed by atoms with van der Waals surface area (Å²) in [6.45, 7) is 4.28. The standard InChI is InChI=1S/C26H31ClF3N7O3S/c1-25(38)14-35(15-25)9-6-17-4-3-5-21(22(17)27)36-13-20(32-16-36)23-19(26(28,29)30)12-31-24(34-23)33-18-7-10-37(11-8-18)41(2,39)40/h3-5,12-13,16,18,38H,6-11,14-15H2,1-2H3,(H,31,33,34). The van der Waals surface area contributed by atoms with Crippen molar-refractivity contribution < 1.29 is 26.7 Å². The summed E-state index contributed by atoms with van der Waals surface area (Å²) in [5, 5.41) is 13.5. The Kier molecular flexibility index (Phi) is 8.07. The molecule has 2 aromatic heterocycles. The summed E-state index contributed by atoms with van der Waals surface area (Å²) < 4.78 is 68.2. The molecule has 0 spiro atoms. The Balaban J connectivity index is 1.36. The zero-order valence-corrected chi connectivity index (χ0v) is 24.1. The summed E-state index contributed by atoms with van der Waals surface area (Å²) in [6, 6.07) is 5.28. The molecule has 15 heteroatoms. The molecule has 2 fully saturated rings. The Bertz CT molecular complexity index is 1510. The second-order valence-electron chi connectivity index (χ2n) is 10.9. The average Bonchev–Trinajstić information content (AvgIpc) is 3.36. The van der Waals surface area contributed by atoms with E-state index in [1.165, 1.54) is 16.8 Å². The molecular formula is C26H31ClF3N7O3S. The van der Waals surface area contributed by atoms with Crippen LogP contribution in [-0.4, -0.2) is 92.9 Å². The number of alkyl halides is 3. The van der Waals surface area contributed by atoms with Crippen molar-refractivity contribution in [3.8, 4) is 17.1 Å². The van der Waals surface area contributed by atoms with Gasteiger partial charge < -0.3 is 15.0 Å². The molecule has 2 N–H and O–H groups in total. The predicted molar refractivity (Wildman–Crippen MR) is 148 cm³/mol. The fourth-order valence-electron chi connectivity index (χ4n) is 5.26. The van der Waals surface area contributed by atoms with Crippen LogP contribution < -0.4 is 5.32 Å². The van der Waals surface area contributed by atoms with Crippen molar-refractivity contribution in [2.24, 2.45) is 0 Å². The van der Waals surface area contributed by atoms with Gasteiger partial charge in [-0.05, 0) is 37.8 Å². The molecule has 0 aliphatic carbocycles. The van der Waals surface area contributed by atoms with Gasteiger partial charge in [0.1, 0.15) is 23.3 Å². The van der Waals surface area contributed by atoms with Crippen molar-refractivity contribution >= 4 is 27.6 Å². The predicted octanol–water partition coefficient (Wildman–Crippen LogP) is 3.45. The third-order valence-corrected chi connectivity index (χ3v) is 9.08. The first-order chi connectivity index (χ1) is 19.2. The highest BCUT2D eigenvalue weighted by Gasteiger charge is 2.37. The number of likely N-dealkylation sites (tertiary alicyclic amines) is 1. The topological polar surface area (TPSA) is 116 Å². The van der Waals surface area contributed by atoms with Crippen LogP contribution in [0.5, 0.6) is 0 Å². The van der Waals surface area contributed by atoms with Gasteiger partial charge in [-0.1, -0.05) is 23.7 Å². The van der Waals surface area contributed by atoms with Gasteiger partial charge in [0.25, 0.3) is 0 Å². The Hall–Kier alpha value is -2.78. The number of imidazole rings is 1. The van der Waals surface area contributed by atoms with Crippen LogP contribution in [0, 0.1) is 0 Å². The third-order valence-electron chi connectivity index (χ3n) is 7.34. The fraction of sp³-hybridized carbons (Fsp3) is 0.500. The van der Waals surface area contributed by atoms with Gasteiger partial charge in [0.15, 0.2) is 0 Å². The molecule has 0 amide bonds. The van der Waals surface area contributed by atoms with Crippen LogP contribution >= 0.6 is 11.6 Å². The van der Waals surface area contributed by atoms with E-state index in [4.69, 9.17) is 11.6 Å². The van der Waals surface area contributed by atoms with Crippen molar-refractivity contribution in [3.05, 3.63) is 53.1 Å². The van der Waals surface area contributed by atoms with Crippen molar-refractivity contribution in [2.45, 2.75) is 44.0 Å². The van der Waals surface area contributed by atoms with Crippen molar-refractivity contribution in [2.75, 3.05) is 44.3 Å². The highest BCUT2D eigenvalue weighted by atomic mass is 35.5. The normalized spacial score (nSPS) is 18.8. The van der Waals surface area contributed by atoms with Crippen LogP contribution in [0.3, 0.4) is 0 Å². The van der Waals surface area contributed by atoms with E-state index >= 15 is 0 Å². The molecule has 10 nitrogen and oxygen atoms in total. The molecule has 41 heavy (non-hydrogen) atoms. The van der Waals surface area contributed by atoms with Crippen molar-refractivity contribution in [1.82, 2.24) is 28.7 Å². The molecule has 3 aromatic rings. The number of nitrogens with zero attached hydrogens (tertiary/aromatic N) is 6. The zero-order chi connectivity index (χ0) is 29.6. The van der Waals surface area contributed by atoms with Gasteiger partial charge in [-0.3, -0.25) is 4.90 Å². The number of β-amino-alcohol motifs (C(OH)–C–C–N with tert-alkyl or cyclic N) is 1. The van der Waals surface area contributed by atoms with Gasteiger partial charge in [0.05, 0.1) is 22.6 Å². The molecule has 2 aliphatic heterocycles. The maximum absolute atomic E-state index is 13.9. The summed E-state index contributed by atoms with van der Waals surface area (Å²) >= 11 is 6.70. The Labute approximate surface area is 241 Å². The SMILES string of the molecule is CC1(O)CN(CCc2cccc(-n3cnc(-c4nc(NC5CCN(S(C)(=O)=O)CC5)ncc4C(F)(F)F)c3)c2Cl)C1. The number of halogens is 4. The molecule has 1 aromatic carbocycles. The lowest BCUT2D eigenvalue weighted by Gasteiger charge is -2.44. The lowest BCUT2D eigenvalue weighted by atomic mass is 9.96. The summed E-state index contributed by atoms with van der Waals surface area (Å²) in [5.74, 6) is 0.00496. The minimum absolute atomic E-state index is 0.000971. The minimum Gasteiger partial charge on any atom is -0.388 e. The number of hydrogen-bond donors (Lipinski definition) is 2. The van der Waals surface area contributed by atoms with E-state index in [9.17, 15) is 26.7 Å². The Morgan fingerprint density at radius 1 is 1.20 bits per heavy atom. The number of aromatic nitrogens is 4. The minimum atomic E-state index is -4.71. The number of piperidine rings is 1. The van der Waals surface area contributed by atoms with E-state index in [1.54, 1.807) is 17.6 Å². The number of benzene rings is 1. The summed E-state index contributed by atoms with van der Waals surface area (Å²) in [7, 11) is -3.31. The van der Waals surface area contributed by atoms with Crippen molar-refractivity contribution in [3.63, 3.8) is 0 Å². The van der Waals surface area contributed by atoms with Gasteiger partial charge in [-0.15, -0.1) is 0 Å². The summed E-state index contributed by atoms with van der Waals surface area (Å²) in [6.07, 6.45) is 1.59. The van der Waals surface area contributed by atoms with E-state index in [0.29, 0.717) is 62.7 Å². The van der Waals surface area contributed by atoms with E-state index in [0.717, 1.165) is 18.0 Å². The maximum Gasteiger partial charge on any atom is 0.420 e. The first-order valence-corrected chi connectivity index (χ1v) is 15.3. The van der Waals surface area contributed by atoms with Crippen LogP contribution in [0.1, 0.15) is 30.9 Å². The smallest absolute Gasteiger partial charge is 0.388 e. The fourth-order valence-corrected chi connectivity index (χ4v) is 6.45. The van der Waals surface area contributed by atoms with E-state index in [1.807, 2.05) is 12.1 Å². The van der Waals surface area contributed by atoms with Gasteiger partial charge in [0, 0.05) is 51.2 Å². The third kappa shape index (κ3) is 6.83. The average molecular weight is 614 g/mol. The van der Waals surface area contributed by atoms with E-state index in [2.05, 4.69) is 25.2 Å². The van der Waals surface area contributed by atoms with E-state index < -0.39 is 27.4 Å². The molecule has 2 saturated heterocycles. The lowest BCUT2D eigenvalue weighted by Crippen LogP contribution is -2.60. The van der Waals surface area contributed by atoms with Gasteiger partial charge >= 0.3 is 6.18 Å². The summed E-state index contributed by atoms with van der Waals surface area (Å²) in [5.41, 5.74) is -0.626. The van der Waals surface area contributed by atoms with Crippen LogP contribution in [0.15, 0.2) is 36.9 Å². The molecule has 0 bridgehead atoms. The Morgan fingerprint density at radius 3 is 2.54 bits per heavy atom. The highest BCUT2D eigenvalue weighted by Crippen LogP contribution is 2.36. The molecule has 0 saturated carbocycles. The molecule has 0 unspecified atom stereocenters. The number of anilines is 1. The molecule has 5 rings (SSSR count). The summed E-state index contributed by atoms with van der Waals surface area (Å²) in [4.78, 5) is 14.4. The van der Waals surface area contributed by atoms with Crippen LogP contribution in [-0.2, 0) is 22.6 Å². The number of nitrogens with one attached hydrogen (secondary N) is 1. The zero-order valence-electron chi connectivity index (χ0n) is 22.6.